The van der Waals surface area contributed by atoms with Crippen LogP contribution in [0.4, 0.5) is 0 Å². The summed E-state index contributed by atoms with van der Waals surface area (Å²) in [6, 6.07) is 0. The molecular weight excluding hydrogens is 154 g/mol. The first-order chi connectivity index (χ1) is 5.50. The lowest BCUT2D eigenvalue weighted by atomic mass is 10.2. The standard InChI is InChI=1S/C9H15NO2/c1-4-7-5-9(7,10)8(11)12-6(2)3/h7H,2,4-5,10H2,1,3H3/t7-,9+/m0/s1. The van der Waals surface area contributed by atoms with Gasteiger partial charge in [0.05, 0.1) is 5.76 Å². The summed E-state index contributed by atoms with van der Waals surface area (Å²) in [7, 11) is 0. The number of rotatable bonds is 3. The molecule has 1 aliphatic carbocycles. The topological polar surface area (TPSA) is 52.3 Å². The van der Waals surface area contributed by atoms with E-state index in [1.807, 2.05) is 6.92 Å². The van der Waals surface area contributed by atoms with Crippen molar-refractivity contribution in [3.63, 3.8) is 0 Å². The second kappa shape index (κ2) is 2.90. The number of hydrogen-bond donors (Lipinski definition) is 1. The summed E-state index contributed by atoms with van der Waals surface area (Å²) in [6.07, 6.45) is 1.68. The summed E-state index contributed by atoms with van der Waals surface area (Å²) >= 11 is 0. The van der Waals surface area contributed by atoms with Crippen molar-refractivity contribution >= 4 is 5.97 Å². The van der Waals surface area contributed by atoms with Crippen LogP contribution in [-0.4, -0.2) is 11.5 Å². The van der Waals surface area contributed by atoms with E-state index in [1.165, 1.54) is 0 Å². The van der Waals surface area contributed by atoms with Crippen LogP contribution < -0.4 is 5.73 Å². The van der Waals surface area contributed by atoms with Gasteiger partial charge < -0.3 is 10.5 Å². The summed E-state index contributed by atoms with van der Waals surface area (Å²) in [6.45, 7) is 7.15. The van der Waals surface area contributed by atoms with Crippen LogP contribution in [-0.2, 0) is 9.53 Å². The normalized spacial score (nSPS) is 32.8. The van der Waals surface area contributed by atoms with E-state index in [9.17, 15) is 4.79 Å². The molecular formula is C9H15NO2. The fraction of sp³-hybridized carbons (Fsp3) is 0.667. The predicted octanol–water partition coefficient (Wildman–Crippen LogP) is 1.19. The zero-order valence-electron chi connectivity index (χ0n) is 7.59. The smallest absolute Gasteiger partial charge is 0.331 e. The first-order valence-electron chi connectivity index (χ1n) is 4.17. The summed E-state index contributed by atoms with van der Waals surface area (Å²) in [5, 5.41) is 0. The minimum absolute atomic E-state index is 0.296. The van der Waals surface area contributed by atoms with Crippen molar-refractivity contribution in [3.05, 3.63) is 12.3 Å². The Morgan fingerprint density at radius 1 is 1.83 bits per heavy atom. The number of allylic oxidation sites excluding steroid dienone is 1. The van der Waals surface area contributed by atoms with Crippen LogP contribution in [0, 0.1) is 5.92 Å². The zero-order valence-corrected chi connectivity index (χ0v) is 7.59. The average Bonchev–Trinajstić information content (AvgIpc) is 2.62. The second-order valence-electron chi connectivity index (χ2n) is 3.44. The number of esters is 1. The molecule has 0 aromatic carbocycles. The van der Waals surface area contributed by atoms with Crippen molar-refractivity contribution in [2.45, 2.75) is 32.2 Å². The van der Waals surface area contributed by atoms with Gasteiger partial charge in [-0.05, 0) is 19.3 Å². The van der Waals surface area contributed by atoms with Crippen molar-refractivity contribution < 1.29 is 9.53 Å². The molecule has 68 valence electrons. The van der Waals surface area contributed by atoms with Crippen LogP contribution in [0.5, 0.6) is 0 Å². The van der Waals surface area contributed by atoms with Crippen LogP contribution in [0.1, 0.15) is 26.7 Å². The third-order valence-electron chi connectivity index (χ3n) is 2.29. The third kappa shape index (κ3) is 1.50. The number of hydrogen-bond acceptors (Lipinski definition) is 3. The number of ether oxygens (including phenoxy) is 1. The van der Waals surface area contributed by atoms with Crippen molar-refractivity contribution in [1.29, 1.82) is 0 Å². The van der Waals surface area contributed by atoms with Gasteiger partial charge >= 0.3 is 5.97 Å². The molecule has 0 saturated heterocycles. The number of nitrogens with two attached hydrogens (primary N) is 1. The van der Waals surface area contributed by atoms with Crippen LogP contribution >= 0.6 is 0 Å². The maximum atomic E-state index is 11.3. The minimum atomic E-state index is -0.715. The van der Waals surface area contributed by atoms with Gasteiger partial charge in [-0.2, -0.15) is 0 Å². The van der Waals surface area contributed by atoms with E-state index in [1.54, 1.807) is 6.92 Å². The van der Waals surface area contributed by atoms with Gasteiger partial charge in [-0.1, -0.05) is 19.9 Å². The Balaban J connectivity index is 2.49. The van der Waals surface area contributed by atoms with Gasteiger partial charge in [0.15, 0.2) is 0 Å². The molecule has 1 rings (SSSR count). The first-order valence-corrected chi connectivity index (χ1v) is 4.17. The monoisotopic (exact) mass is 169 g/mol. The molecule has 0 spiro atoms. The molecule has 0 unspecified atom stereocenters. The highest BCUT2D eigenvalue weighted by molar-refractivity contribution is 5.85. The summed E-state index contributed by atoms with van der Waals surface area (Å²) in [5.74, 6) is 0.373. The van der Waals surface area contributed by atoms with Gasteiger partial charge in [0.2, 0.25) is 0 Å². The molecule has 3 heteroatoms. The molecule has 2 atom stereocenters. The molecule has 0 aliphatic heterocycles. The Bertz CT molecular complexity index is 225. The fourth-order valence-electron chi connectivity index (χ4n) is 1.36. The quantitative estimate of drug-likeness (QED) is 0.510. The lowest BCUT2D eigenvalue weighted by Crippen LogP contribution is -2.36. The molecule has 0 bridgehead atoms. The lowest BCUT2D eigenvalue weighted by Gasteiger charge is -2.09. The zero-order chi connectivity index (χ0) is 9.35. The van der Waals surface area contributed by atoms with E-state index in [0.717, 1.165) is 12.8 Å². The van der Waals surface area contributed by atoms with E-state index < -0.39 is 5.54 Å². The van der Waals surface area contributed by atoms with E-state index >= 15 is 0 Å². The van der Waals surface area contributed by atoms with E-state index in [0.29, 0.717) is 11.7 Å². The predicted molar refractivity (Wildman–Crippen MR) is 46.2 cm³/mol. The number of carbonyl (C=O) groups excluding carboxylic acids is 1. The van der Waals surface area contributed by atoms with Crippen LogP contribution in [0.15, 0.2) is 12.3 Å². The molecule has 2 N–H and O–H groups in total. The maximum absolute atomic E-state index is 11.3. The SMILES string of the molecule is C=C(C)OC(=O)[C@@]1(N)C[C@@H]1CC. The van der Waals surface area contributed by atoms with Gasteiger partial charge in [-0.15, -0.1) is 0 Å². The summed E-state index contributed by atoms with van der Waals surface area (Å²) in [5.41, 5.74) is 5.06. The Morgan fingerprint density at radius 2 is 2.42 bits per heavy atom. The summed E-state index contributed by atoms with van der Waals surface area (Å²) < 4.78 is 4.85. The van der Waals surface area contributed by atoms with Crippen LogP contribution in [0.2, 0.25) is 0 Å². The van der Waals surface area contributed by atoms with E-state index in [-0.39, 0.29) is 5.97 Å². The Labute approximate surface area is 72.6 Å². The third-order valence-corrected chi connectivity index (χ3v) is 2.29. The highest BCUT2D eigenvalue weighted by Crippen LogP contribution is 2.44. The maximum Gasteiger partial charge on any atom is 0.331 e. The molecule has 1 fully saturated rings. The van der Waals surface area contributed by atoms with Crippen molar-refractivity contribution in [1.82, 2.24) is 0 Å². The minimum Gasteiger partial charge on any atom is -0.431 e. The number of carbonyl (C=O) groups is 1. The average molecular weight is 169 g/mol. The Hall–Kier alpha value is -0.830. The van der Waals surface area contributed by atoms with Gasteiger partial charge in [-0.25, -0.2) is 4.79 Å². The Kier molecular flexibility index (Phi) is 2.24. The van der Waals surface area contributed by atoms with Crippen molar-refractivity contribution in [3.8, 4) is 0 Å². The molecule has 12 heavy (non-hydrogen) atoms. The molecule has 0 aromatic heterocycles. The fourth-order valence-corrected chi connectivity index (χ4v) is 1.36. The largest absolute Gasteiger partial charge is 0.431 e. The molecule has 0 amide bonds. The molecule has 0 radical (unpaired) electrons. The van der Waals surface area contributed by atoms with Crippen LogP contribution in [0.25, 0.3) is 0 Å². The van der Waals surface area contributed by atoms with E-state index in [4.69, 9.17) is 10.5 Å². The molecule has 0 aromatic rings. The molecule has 1 saturated carbocycles. The van der Waals surface area contributed by atoms with Crippen LogP contribution in [0.3, 0.4) is 0 Å². The Morgan fingerprint density at radius 3 is 2.75 bits per heavy atom. The molecule has 3 nitrogen and oxygen atoms in total. The molecule has 1 aliphatic rings. The van der Waals surface area contributed by atoms with Gasteiger partial charge in [0, 0.05) is 0 Å². The van der Waals surface area contributed by atoms with Gasteiger partial charge in [-0.3, -0.25) is 0 Å². The molecule has 0 heterocycles. The van der Waals surface area contributed by atoms with Crippen molar-refractivity contribution in [2.24, 2.45) is 11.7 Å². The lowest BCUT2D eigenvalue weighted by molar-refractivity contribution is -0.142. The highest BCUT2D eigenvalue weighted by atomic mass is 16.5. The highest BCUT2D eigenvalue weighted by Gasteiger charge is 2.57. The van der Waals surface area contributed by atoms with Gasteiger partial charge in [0.1, 0.15) is 5.54 Å². The van der Waals surface area contributed by atoms with Gasteiger partial charge in [0.25, 0.3) is 0 Å². The first kappa shape index (κ1) is 9.26. The summed E-state index contributed by atoms with van der Waals surface area (Å²) in [4.78, 5) is 11.3. The second-order valence-corrected chi connectivity index (χ2v) is 3.44. The van der Waals surface area contributed by atoms with Crippen molar-refractivity contribution in [2.75, 3.05) is 0 Å². The van der Waals surface area contributed by atoms with E-state index in [2.05, 4.69) is 6.58 Å².